The maximum atomic E-state index is 12.9. The average Bonchev–Trinajstić information content (AvgIpc) is 2.69. The number of para-hydroxylation sites is 1. The molecular weight excluding hydrogens is 406 g/mol. The average molecular weight is 424 g/mol. The van der Waals surface area contributed by atoms with Crippen molar-refractivity contribution in [2.75, 3.05) is 12.4 Å². The van der Waals surface area contributed by atoms with Crippen LogP contribution >= 0.6 is 15.9 Å². The summed E-state index contributed by atoms with van der Waals surface area (Å²) in [7, 11) is 1.73. The van der Waals surface area contributed by atoms with Crippen LogP contribution in [-0.2, 0) is 6.54 Å². The molecule has 0 aliphatic carbocycles. The van der Waals surface area contributed by atoms with Crippen LogP contribution in [0.15, 0.2) is 77.5 Å². The molecule has 0 saturated carbocycles. The summed E-state index contributed by atoms with van der Waals surface area (Å²) in [5.74, 6) is -0.450. The van der Waals surface area contributed by atoms with Crippen molar-refractivity contribution in [1.82, 2.24) is 9.88 Å². The van der Waals surface area contributed by atoms with Crippen LogP contribution < -0.4 is 5.32 Å². The Morgan fingerprint density at radius 2 is 1.59 bits per heavy atom. The van der Waals surface area contributed by atoms with Gasteiger partial charge in [-0.3, -0.25) is 14.6 Å². The zero-order valence-corrected chi connectivity index (χ0v) is 16.3. The fourth-order valence-electron chi connectivity index (χ4n) is 2.65. The van der Waals surface area contributed by atoms with Crippen LogP contribution in [0.1, 0.15) is 26.3 Å². The molecule has 136 valence electrons. The molecule has 1 aromatic heterocycles. The molecule has 5 nitrogen and oxygen atoms in total. The molecule has 3 rings (SSSR count). The van der Waals surface area contributed by atoms with E-state index in [2.05, 4.69) is 26.2 Å². The summed E-state index contributed by atoms with van der Waals surface area (Å²) in [6, 6.07) is 17.9. The van der Waals surface area contributed by atoms with Crippen LogP contribution in [0.2, 0.25) is 0 Å². The Balaban J connectivity index is 1.80. The molecule has 1 N–H and O–H groups in total. The molecule has 2 amide bonds. The molecule has 0 aliphatic rings. The van der Waals surface area contributed by atoms with Crippen molar-refractivity contribution in [3.05, 3.63) is 94.2 Å². The minimum absolute atomic E-state index is 0.171. The highest BCUT2D eigenvalue weighted by atomic mass is 79.9. The van der Waals surface area contributed by atoms with Gasteiger partial charge in [-0.1, -0.05) is 24.3 Å². The van der Waals surface area contributed by atoms with E-state index >= 15 is 0 Å². The number of carbonyl (C=O) groups excluding carboxylic acids is 2. The minimum Gasteiger partial charge on any atom is -0.337 e. The van der Waals surface area contributed by atoms with Crippen molar-refractivity contribution < 1.29 is 9.59 Å². The van der Waals surface area contributed by atoms with E-state index in [0.717, 1.165) is 5.56 Å². The van der Waals surface area contributed by atoms with Gasteiger partial charge in [-0.05, 0) is 57.9 Å². The largest absolute Gasteiger partial charge is 0.337 e. The van der Waals surface area contributed by atoms with Crippen LogP contribution in [0.4, 0.5) is 5.69 Å². The first-order chi connectivity index (χ1) is 13.1. The highest BCUT2D eigenvalue weighted by Crippen LogP contribution is 2.21. The van der Waals surface area contributed by atoms with Crippen molar-refractivity contribution in [3.63, 3.8) is 0 Å². The molecule has 0 radical (unpaired) electrons. The second-order valence-electron chi connectivity index (χ2n) is 6.00. The van der Waals surface area contributed by atoms with E-state index < -0.39 is 0 Å². The smallest absolute Gasteiger partial charge is 0.256 e. The number of hydrogen-bond donors (Lipinski definition) is 1. The normalized spacial score (nSPS) is 10.3. The van der Waals surface area contributed by atoms with E-state index in [4.69, 9.17) is 0 Å². The molecule has 0 atom stereocenters. The van der Waals surface area contributed by atoms with Gasteiger partial charge < -0.3 is 10.2 Å². The molecular formula is C21H18BrN3O2. The summed E-state index contributed by atoms with van der Waals surface area (Å²) in [4.78, 5) is 31.1. The molecule has 0 fully saturated rings. The van der Waals surface area contributed by atoms with E-state index in [-0.39, 0.29) is 11.8 Å². The summed E-state index contributed by atoms with van der Waals surface area (Å²) < 4.78 is 0.695. The Morgan fingerprint density at radius 1 is 0.963 bits per heavy atom. The first-order valence-corrected chi connectivity index (χ1v) is 9.15. The van der Waals surface area contributed by atoms with Gasteiger partial charge in [0, 0.05) is 30.5 Å². The Morgan fingerprint density at radius 3 is 2.30 bits per heavy atom. The van der Waals surface area contributed by atoms with E-state index in [1.165, 1.54) is 0 Å². The number of halogens is 1. The van der Waals surface area contributed by atoms with Crippen LogP contribution in [0.5, 0.6) is 0 Å². The highest BCUT2D eigenvalue weighted by molar-refractivity contribution is 9.10. The summed E-state index contributed by atoms with van der Waals surface area (Å²) >= 11 is 3.38. The zero-order valence-electron chi connectivity index (χ0n) is 14.7. The van der Waals surface area contributed by atoms with Crippen molar-refractivity contribution >= 4 is 33.4 Å². The van der Waals surface area contributed by atoms with Crippen molar-refractivity contribution in [3.8, 4) is 0 Å². The number of nitrogens with zero attached hydrogens (tertiary/aromatic N) is 2. The van der Waals surface area contributed by atoms with Gasteiger partial charge in [0.1, 0.15) is 0 Å². The lowest BCUT2D eigenvalue weighted by molar-refractivity contribution is 0.0786. The van der Waals surface area contributed by atoms with Crippen LogP contribution in [0.3, 0.4) is 0 Å². The number of carbonyl (C=O) groups is 2. The number of anilines is 1. The second kappa shape index (κ2) is 8.60. The first kappa shape index (κ1) is 18.8. The first-order valence-electron chi connectivity index (χ1n) is 8.35. The van der Waals surface area contributed by atoms with Crippen LogP contribution in [0.25, 0.3) is 0 Å². The quantitative estimate of drug-likeness (QED) is 0.662. The molecule has 1 heterocycles. The van der Waals surface area contributed by atoms with Gasteiger partial charge in [0.05, 0.1) is 16.8 Å². The number of benzene rings is 2. The molecule has 0 aliphatic heterocycles. The number of hydrogen-bond acceptors (Lipinski definition) is 3. The second-order valence-corrected chi connectivity index (χ2v) is 6.85. The number of amides is 2. The molecule has 27 heavy (non-hydrogen) atoms. The number of rotatable bonds is 5. The zero-order chi connectivity index (χ0) is 19.2. The van der Waals surface area contributed by atoms with Gasteiger partial charge in [0.15, 0.2) is 0 Å². The lowest BCUT2D eigenvalue weighted by atomic mass is 10.1. The number of aromatic nitrogens is 1. The van der Waals surface area contributed by atoms with E-state index in [0.29, 0.717) is 27.8 Å². The SMILES string of the molecule is CN(Cc1ccncc1)C(=O)c1ccccc1NC(=O)c1ccccc1Br. The maximum Gasteiger partial charge on any atom is 0.256 e. The molecule has 0 saturated heterocycles. The Bertz CT molecular complexity index is 960. The Hall–Kier alpha value is -2.99. The molecule has 0 unspecified atom stereocenters. The Labute approximate surface area is 166 Å². The predicted octanol–water partition coefficient (Wildman–Crippen LogP) is 4.37. The standard InChI is InChI=1S/C21H18BrN3O2/c1-25(14-15-10-12-23-13-11-15)21(27)17-7-3-5-9-19(17)24-20(26)16-6-2-4-8-18(16)22/h2-13H,14H2,1H3,(H,24,26). The Kier molecular flexibility index (Phi) is 5.98. The van der Waals surface area contributed by atoms with Crippen LogP contribution in [0, 0.1) is 0 Å². The van der Waals surface area contributed by atoms with E-state index in [9.17, 15) is 9.59 Å². The van der Waals surface area contributed by atoms with Gasteiger partial charge in [-0.15, -0.1) is 0 Å². The van der Waals surface area contributed by atoms with Gasteiger partial charge in [-0.25, -0.2) is 0 Å². The lowest BCUT2D eigenvalue weighted by Gasteiger charge is -2.19. The van der Waals surface area contributed by atoms with Gasteiger partial charge >= 0.3 is 0 Å². The third kappa shape index (κ3) is 4.60. The van der Waals surface area contributed by atoms with Crippen molar-refractivity contribution in [1.29, 1.82) is 0 Å². The topological polar surface area (TPSA) is 62.3 Å². The number of nitrogens with one attached hydrogen (secondary N) is 1. The summed E-state index contributed by atoms with van der Waals surface area (Å²) in [5.41, 5.74) is 2.40. The third-order valence-corrected chi connectivity index (χ3v) is 4.73. The molecule has 6 heteroatoms. The fraction of sp³-hybridized carbons (Fsp3) is 0.0952. The van der Waals surface area contributed by atoms with E-state index in [1.54, 1.807) is 66.8 Å². The summed E-state index contributed by atoms with van der Waals surface area (Å²) in [6.45, 7) is 0.452. The lowest BCUT2D eigenvalue weighted by Crippen LogP contribution is -2.27. The predicted molar refractivity (Wildman–Crippen MR) is 109 cm³/mol. The molecule has 2 aromatic carbocycles. The van der Waals surface area contributed by atoms with E-state index in [1.807, 2.05) is 18.2 Å². The van der Waals surface area contributed by atoms with Crippen molar-refractivity contribution in [2.45, 2.75) is 6.54 Å². The minimum atomic E-state index is -0.278. The summed E-state index contributed by atoms with van der Waals surface area (Å²) in [5, 5.41) is 2.84. The third-order valence-electron chi connectivity index (χ3n) is 4.04. The molecule has 0 bridgehead atoms. The summed E-state index contributed by atoms with van der Waals surface area (Å²) in [6.07, 6.45) is 3.39. The van der Waals surface area contributed by atoms with Gasteiger partial charge in [0.2, 0.25) is 0 Å². The van der Waals surface area contributed by atoms with Crippen LogP contribution in [-0.4, -0.2) is 28.7 Å². The monoisotopic (exact) mass is 423 g/mol. The highest BCUT2D eigenvalue weighted by Gasteiger charge is 2.18. The molecule has 0 spiro atoms. The molecule has 3 aromatic rings. The fourth-order valence-corrected chi connectivity index (χ4v) is 3.12. The van der Waals surface area contributed by atoms with Gasteiger partial charge in [0.25, 0.3) is 11.8 Å². The number of pyridine rings is 1. The van der Waals surface area contributed by atoms with Gasteiger partial charge in [-0.2, -0.15) is 0 Å². The van der Waals surface area contributed by atoms with Crippen molar-refractivity contribution in [2.24, 2.45) is 0 Å². The maximum absolute atomic E-state index is 12.9.